The Morgan fingerprint density at radius 2 is 2.00 bits per heavy atom. The van der Waals surface area contributed by atoms with Crippen LogP contribution < -0.4 is 5.73 Å². The van der Waals surface area contributed by atoms with Gasteiger partial charge in [0.25, 0.3) is 5.69 Å². The molecule has 8 heteroatoms. The van der Waals surface area contributed by atoms with Crippen molar-refractivity contribution >= 4 is 17.2 Å². The zero-order valence-corrected chi connectivity index (χ0v) is 12.9. The first-order valence-electron chi connectivity index (χ1n) is 7.18. The quantitative estimate of drug-likeness (QED) is 0.616. The highest BCUT2D eigenvalue weighted by atomic mass is 19.1. The Balaban J connectivity index is 2.56. The highest BCUT2D eigenvalue weighted by molar-refractivity contribution is 5.82. The van der Waals surface area contributed by atoms with Gasteiger partial charge in [0.1, 0.15) is 17.7 Å². The van der Waals surface area contributed by atoms with E-state index in [0.29, 0.717) is 6.07 Å². The van der Waals surface area contributed by atoms with Gasteiger partial charge in [-0.1, -0.05) is 18.2 Å². The zero-order chi connectivity index (χ0) is 18.6. The summed E-state index contributed by atoms with van der Waals surface area (Å²) < 4.78 is 27.3. The Labute approximate surface area is 141 Å². The van der Waals surface area contributed by atoms with E-state index in [0.717, 1.165) is 6.07 Å². The molecule has 3 N–H and O–H groups in total. The van der Waals surface area contributed by atoms with E-state index < -0.39 is 28.6 Å². The number of hydrogen-bond acceptors (Lipinski definition) is 4. The number of nitrogens with two attached hydrogens (primary N) is 1. The molecule has 0 amide bonds. The Kier molecular flexibility index (Phi) is 5.56. The lowest BCUT2D eigenvalue weighted by molar-refractivity contribution is -0.384. The lowest BCUT2D eigenvalue weighted by Crippen LogP contribution is -2.29. The third kappa shape index (κ3) is 4.45. The average Bonchev–Trinajstić information content (AvgIpc) is 2.56. The number of nitrogens with zero attached hydrogens (tertiary/aromatic N) is 1. The van der Waals surface area contributed by atoms with Crippen molar-refractivity contribution in [1.82, 2.24) is 0 Å². The van der Waals surface area contributed by atoms with Gasteiger partial charge < -0.3 is 10.8 Å². The molecule has 0 bridgehead atoms. The summed E-state index contributed by atoms with van der Waals surface area (Å²) in [6, 6.07) is 7.09. The van der Waals surface area contributed by atoms with E-state index in [-0.39, 0.29) is 28.8 Å². The molecule has 1 atom stereocenters. The normalized spacial score (nSPS) is 12.7. The Morgan fingerprint density at radius 1 is 1.28 bits per heavy atom. The second-order valence-electron chi connectivity index (χ2n) is 5.23. The number of benzene rings is 2. The zero-order valence-electron chi connectivity index (χ0n) is 12.9. The molecule has 25 heavy (non-hydrogen) atoms. The Bertz CT molecular complexity index is 852. The van der Waals surface area contributed by atoms with Gasteiger partial charge in [-0.15, -0.1) is 0 Å². The van der Waals surface area contributed by atoms with E-state index in [1.54, 1.807) is 0 Å². The van der Waals surface area contributed by atoms with Gasteiger partial charge in [-0.25, -0.2) is 8.78 Å². The molecule has 2 rings (SSSR count). The summed E-state index contributed by atoms with van der Waals surface area (Å²) in [5.74, 6) is -2.89. The van der Waals surface area contributed by atoms with Crippen molar-refractivity contribution < 1.29 is 23.6 Å². The minimum absolute atomic E-state index is 0.0144. The van der Waals surface area contributed by atoms with Crippen LogP contribution in [0.4, 0.5) is 14.5 Å². The molecule has 0 radical (unpaired) electrons. The number of nitro groups is 1. The molecule has 0 aromatic heterocycles. The summed E-state index contributed by atoms with van der Waals surface area (Å²) in [4.78, 5) is 21.2. The Morgan fingerprint density at radius 3 is 2.60 bits per heavy atom. The molecule has 130 valence electrons. The number of nitro benzene ring substituents is 1. The summed E-state index contributed by atoms with van der Waals surface area (Å²) in [6.45, 7) is 0. The van der Waals surface area contributed by atoms with Crippen molar-refractivity contribution in [2.75, 3.05) is 0 Å². The van der Waals surface area contributed by atoms with Crippen LogP contribution in [0.3, 0.4) is 0 Å². The first-order chi connectivity index (χ1) is 11.8. The van der Waals surface area contributed by atoms with Gasteiger partial charge in [-0.2, -0.15) is 0 Å². The minimum Gasteiger partial charge on any atom is -0.480 e. The number of aliphatic carboxylic acids is 1. The molecular formula is C17H14F2N2O4. The van der Waals surface area contributed by atoms with E-state index in [9.17, 15) is 23.7 Å². The average molecular weight is 348 g/mol. The van der Waals surface area contributed by atoms with Gasteiger partial charge in [-0.3, -0.25) is 14.9 Å². The molecule has 0 aliphatic rings. The van der Waals surface area contributed by atoms with Crippen molar-refractivity contribution in [1.29, 1.82) is 0 Å². The smallest absolute Gasteiger partial charge is 0.320 e. The number of non-ortho nitro benzene ring substituents is 1. The summed E-state index contributed by atoms with van der Waals surface area (Å²) in [5, 5.41) is 19.8. The maximum atomic E-state index is 14.2. The molecular weight excluding hydrogens is 334 g/mol. The van der Waals surface area contributed by atoms with Gasteiger partial charge in [-0.05, 0) is 29.7 Å². The number of carboxylic acid groups (broad SMARTS) is 1. The van der Waals surface area contributed by atoms with Crippen LogP contribution in [0.1, 0.15) is 17.5 Å². The molecule has 0 heterocycles. The van der Waals surface area contributed by atoms with Gasteiger partial charge in [0.05, 0.1) is 4.92 Å². The van der Waals surface area contributed by atoms with Gasteiger partial charge in [0.2, 0.25) is 0 Å². The van der Waals surface area contributed by atoms with E-state index in [4.69, 9.17) is 10.8 Å². The van der Waals surface area contributed by atoms with Crippen LogP contribution in [0, 0.1) is 21.7 Å². The fraction of sp³-hybridized carbons (Fsp3) is 0.118. The molecule has 0 spiro atoms. The fourth-order valence-corrected chi connectivity index (χ4v) is 2.22. The predicted molar refractivity (Wildman–Crippen MR) is 86.8 cm³/mol. The molecule has 0 saturated carbocycles. The Hall–Kier alpha value is -3.13. The first-order valence-corrected chi connectivity index (χ1v) is 7.18. The second-order valence-corrected chi connectivity index (χ2v) is 5.23. The SMILES string of the molecule is NC(CC=C(c1cccc([N+](=O)[O-])c1)c1ccc(F)cc1F)C(=O)O. The lowest BCUT2D eigenvalue weighted by Gasteiger charge is -2.11. The number of rotatable bonds is 6. The largest absolute Gasteiger partial charge is 0.480 e. The standard InChI is InChI=1S/C17H14F2N2O4/c18-11-4-5-14(15(19)9-11)13(6-7-16(20)17(22)23)10-2-1-3-12(8-10)21(24)25/h1-6,8-9,16H,7,20H2,(H,22,23). The van der Waals surface area contributed by atoms with Crippen LogP contribution in [0.15, 0.2) is 48.5 Å². The third-order valence-corrected chi connectivity index (χ3v) is 3.48. The maximum absolute atomic E-state index is 14.2. The van der Waals surface area contributed by atoms with Crippen molar-refractivity contribution in [2.24, 2.45) is 5.73 Å². The maximum Gasteiger partial charge on any atom is 0.320 e. The highest BCUT2D eigenvalue weighted by Crippen LogP contribution is 2.29. The second kappa shape index (κ2) is 7.63. The molecule has 6 nitrogen and oxygen atoms in total. The van der Waals surface area contributed by atoms with Crippen molar-refractivity contribution in [3.05, 3.63) is 81.4 Å². The molecule has 0 aliphatic carbocycles. The lowest BCUT2D eigenvalue weighted by atomic mass is 9.95. The predicted octanol–water partition coefficient (Wildman–Crippen LogP) is 3.11. The van der Waals surface area contributed by atoms with Crippen LogP contribution in [-0.2, 0) is 4.79 Å². The van der Waals surface area contributed by atoms with Crippen LogP contribution in [0.25, 0.3) is 5.57 Å². The molecule has 2 aromatic carbocycles. The van der Waals surface area contributed by atoms with Crippen LogP contribution in [-0.4, -0.2) is 22.0 Å². The monoisotopic (exact) mass is 348 g/mol. The number of hydrogen-bond donors (Lipinski definition) is 2. The van der Waals surface area contributed by atoms with Gasteiger partial charge in [0, 0.05) is 23.8 Å². The molecule has 0 aliphatic heterocycles. The molecule has 1 unspecified atom stereocenters. The summed E-state index contributed by atoms with van der Waals surface area (Å²) in [7, 11) is 0. The van der Waals surface area contributed by atoms with Crippen molar-refractivity contribution in [2.45, 2.75) is 12.5 Å². The first kappa shape index (κ1) is 18.2. The summed E-state index contributed by atoms with van der Waals surface area (Å²) in [6.07, 6.45) is 1.23. The summed E-state index contributed by atoms with van der Waals surface area (Å²) >= 11 is 0. The van der Waals surface area contributed by atoms with E-state index in [1.807, 2.05) is 0 Å². The van der Waals surface area contributed by atoms with Crippen molar-refractivity contribution in [3.63, 3.8) is 0 Å². The topological polar surface area (TPSA) is 106 Å². The van der Waals surface area contributed by atoms with Crippen molar-refractivity contribution in [3.8, 4) is 0 Å². The van der Waals surface area contributed by atoms with Crippen LogP contribution >= 0.6 is 0 Å². The van der Waals surface area contributed by atoms with E-state index >= 15 is 0 Å². The third-order valence-electron chi connectivity index (χ3n) is 3.48. The van der Waals surface area contributed by atoms with Gasteiger partial charge >= 0.3 is 5.97 Å². The number of halogens is 2. The van der Waals surface area contributed by atoms with Crippen LogP contribution in [0.2, 0.25) is 0 Å². The fourth-order valence-electron chi connectivity index (χ4n) is 2.22. The van der Waals surface area contributed by atoms with E-state index in [2.05, 4.69) is 0 Å². The number of carboxylic acids is 1. The summed E-state index contributed by atoms with van der Waals surface area (Å²) in [5.41, 5.74) is 5.71. The molecule has 0 saturated heterocycles. The minimum atomic E-state index is -1.24. The number of carbonyl (C=O) groups is 1. The highest BCUT2D eigenvalue weighted by Gasteiger charge is 2.16. The van der Waals surface area contributed by atoms with Crippen LogP contribution in [0.5, 0.6) is 0 Å². The molecule has 0 fully saturated rings. The molecule has 2 aromatic rings. The van der Waals surface area contributed by atoms with Gasteiger partial charge in [0.15, 0.2) is 0 Å². The van der Waals surface area contributed by atoms with E-state index in [1.165, 1.54) is 36.4 Å².